The van der Waals surface area contributed by atoms with E-state index in [1.54, 1.807) is 12.1 Å². The monoisotopic (exact) mass is 394 g/mol. The lowest BCUT2D eigenvalue weighted by Gasteiger charge is -2.29. The fraction of sp³-hybridized carbons (Fsp3) is 0.556. The van der Waals surface area contributed by atoms with Crippen molar-refractivity contribution in [3.8, 4) is 11.5 Å². The lowest BCUT2D eigenvalue weighted by Crippen LogP contribution is -2.43. The fourth-order valence-corrected chi connectivity index (χ4v) is 4.46. The number of rotatable bonds is 6. The van der Waals surface area contributed by atoms with Crippen LogP contribution in [0.5, 0.6) is 0 Å². The number of nitrogens with one attached hydrogen (secondary N) is 2. The molecule has 0 atom stereocenters. The Labute approximate surface area is 159 Å². The highest BCUT2D eigenvalue weighted by atomic mass is 32.2. The Hall–Kier alpha value is -2.13. The van der Waals surface area contributed by atoms with Gasteiger partial charge in [-0.05, 0) is 43.9 Å². The van der Waals surface area contributed by atoms with E-state index in [-0.39, 0.29) is 16.9 Å². The molecule has 1 amide bonds. The van der Waals surface area contributed by atoms with E-state index in [0.717, 1.165) is 5.69 Å². The van der Waals surface area contributed by atoms with Crippen LogP contribution in [0.25, 0.3) is 11.5 Å². The Morgan fingerprint density at radius 3 is 2.67 bits per heavy atom. The maximum Gasteiger partial charge on any atom is 0.276 e. The van der Waals surface area contributed by atoms with Crippen LogP contribution in [0.15, 0.2) is 27.7 Å². The number of sulfonamides is 1. The molecule has 1 fully saturated rings. The molecule has 0 radical (unpaired) electrons. The first-order valence-electron chi connectivity index (χ1n) is 9.17. The quantitative estimate of drug-likeness (QED) is 0.780. The highest BCUT2D eigenvalue weighted by Crippen LogP contribution is 2.28. The molecule has 8 nitrogen and oxygen atoms in total. The van der Waals surface area contributed by atoms with Crippen LogP contribution >= 0.6 is 0 Å². The summed E-state index contributed by atoms with van der Waals surface area (Å²) in [7, 11) is -3.72. The number of hydrogen-bond acceptors (Lipinski definition) is 5. The number of carbonyl (C=O) groups is 1. The minimum atomic E-state index is -3.72. The van der Waals surface area contributed by atoms with Gasteiger partial charge in [-0.15, -0.1) is 0 Å². The van der Waals surface area contributed by atoms with E-state index in [0.29, 0.717) is 49.8 Å². The third-order valence-electron chi connectivity index (χ3n) is 4.64. The van der Waals surface area contributed by atoms with Crippen molar-refractivity contribution >= 4 is 15.9 Å². The zero-order valence-corrected chi connectivity index (χ0v) is 16.7. The Bertz CT molecular complexity index is 892. The van der Waals surface area contributed by atoms with Crippen LogP contribution in [-0.4, -0.2) is 48.5 Å². The highest BCUT2D eigenvalue weighted by molar-refractivity contribution is 7.89. The summed E-state index contributed by atoms with van der Waals surface area (Å²) < 4.78 is 32.6. The summed E-state index contributed by atoms with van der Waals surface area (Å²) in [6, 6.07) is 4.85. The lowest BCUT2D eigenvalue weighted by molar-refractivity contribution is -0.126. The van der Waals surface area contributed by atoms with Crippen molar-refractivity contribution in [1.29, 1.82) is 0 Å². The molecular weight excluding hydrogens is 368 g/mol. The van der Waals surface area contributed by atoms with Crippen LogP contribution in [0.2, 0.25) is 0 Å². The second-order valence-electron chi connectivity index (χ2n) is 7.37. The van der Waals surface area contributed by atoms with Crippen LogP contribution in [0.3, 0.4) is 0 Å². The number of nitrogens with zero attached hydrogens (tertiary/aromatic N) is 2. The highest BCUT2D eigenvalue weighted by Gasteiger charge is 2.34. The van der Waals surface area contributed by atoms with E-state index in [2.05, 4.69) is 15.5 Å². The average molecular weight is 394 g/mol. The number of furan rings is 1. The minimum absolute atomic E-state index is 0.00920. The second-order valence-corrected chi connectivity index (χ2v) is 9.24. The molecule has 0 bridgehead atoms. The molecule has 3 heterocycles. The zero-order valence-electron chi connectivity index (χ0n) is 15.9. The number of amides is 1. The van der Waals surface area contributed by atoms with Gasteiger partial charge in [-0.25, -0.2) is 8.42 Å². The largest absolute Gasteiger partial charge is 0.442 e. The first-order chi connectivity index (χ1) is 12.8. The van der Waals surface area contributed by atoms with E-state index >= 15 is 0 Å². The van der Waals surface area contributed by atoms with Crippen molar-refractivity contribution in [1.82, 2.24) is 19.8 Å². The minimum Gasteiger partial charge on any atom is -0.442 e. The molecule has 1 aliphatic heterocycles. The van der Waals surface area contributed by atoms with Crippen molar-refractivity contribution in [3.63, 3.8) is 0 Å². The van der Waals surface area contributed by atoms with Crippen molar-refractivity contribution in [2.75, 3.05) is 19.6 Å². The van der Waals surface area contributed by atoms with Gasteiger partial charge in [0, 0.05) is 31.2 Å². The van der Waals surface area contributed by atoms with E-state index in [9.17, 15) is 13.2 Å². The molecule has 0 aromatic carbocycles. The lowest BCUT2D eigenvalue weighted by atomic mass is 9.97. The van der Waals surface area contributed by atoms with Gasteiger partial charge in [0.25, 0.3) is 10.0 Å². The summed E-state index contributed by atoms with van der Waals surface area (Å²) in [5.41, 5.74) is 1.43. The van der Waals surface area contributed by atoms with Gasteiger partial charge in [-0.2, -0.15) is 9.40 Å². The summed E-state index contributed by atoms with van der Waals surface area (Å²) in [6.45, 7) is 7.19. The third kappa shape index (κ3) is 4.41. The van der Waals surface area contributed by atoms with E-state index in [4.69, 9.17) is 4.42 Å². The van der Waals surface area contributed by atoms with Crippen LogP contribution in [0, 0.1) is 18.8 Å². The maximum absolute atomic E-state index is 12.8. The van der Waals surface area contributed by atoms with E-state index in [1.165, 1.54) is 10.4 Å². The van der Waals surface area contributed by atoms with Gasteiger partial charge in [0.15, 0.2) is 5.76 Å². The number of aromatic nitrogens is 2. The maximum atomic E-state index is 12.8. The van der Waals surface area contributed by atoms with Crippen molar-refractivity contribution in [2.45, 2.75) is 38.7 Å². The van der Waals surface area contributed by atoms with E-state index < -0.39 is 10.0 Å². The smallest absolute Gasteiger partial charge is 0.276 e. The number of carbonyl (C=O) groups excluding carboxylic acids is 1. The Balaban J connectivity index is 1.63. The number of piperidine rings is 1. The molecule has 27 heavy (non-hydrogen) atoms. The van der Waals surface area contributed by atoms with E-state index in [1.807, 2.05) is 20.8 Å². The molecule has 0 unspecified atom stereocenters. The standard InChI is InChI=1S/C18H26N4O4S/c1-12(2)11-19-18(23)14-6-8-22(9-7-14)27(24,25)17-5-4-16(26-17)15-10-13(3)20-21-15/h4-5,10,12,14H,6-9,11H2,1-3H3,(H,19,23)(H,20,21). The molecule has 1 aliphatic rings. The van der Waals surface area contributed by atoms with Gasteiger partial charge >= 0.3 is 0 Å². The predicted molar refractivity (Wildman–Crippen MR) is 100 cm³/mol. The summed E-state index contributed by atoms with van der Waals surface area (Å²) in [5, 5.41) is 9.71. The van der Waals surface area contributed by atoms with Gasteiger partial charge in [-0.1, -0.05) is 13.8 Å². The molecule has 148 valence electrons. The summed E-state index contributed by atoms with van der Waals surface area (Å²) in [6.07, 6.45) is 1.02. The van der Waals surface area contributed by atoms with Crippen LogP contribution < -0.4 is 5.32 Å². The molecule has 1 saturated heterocycles. The molecule has 2 aromatic heterocycles. The normalized spacial score (nSPS) is 16.7. The SMILES string of the molecule is Cc1cc(-c2ccc(S(=O)(=O)N3CCC(C(=O)NCC(C)C)CC3)o2)n[nH]1. The molecule has 3 rings (SSSR count). The second kappa shape index (κ2) is 7.85. The molecular formula is C18H26N4O4S. The average Bonchev–Trinajstić information content (AvgIpc) is 3.29. The molecule has 9 heteroatoms. The summed E-state index contributed by atoms with van der Waals surface area (Å²) in [5.74, 6) is 0.658. The topological polar surface area (TPSA) is 108 Å². The van der Waals surface area contributed by atoms with Gasteiger partial charge in [0.05, 0.1) is 0 Å². The first kappa shape index (κ1) is 19.6. The molecule has 0 saturated carbocycles. The fourth-order valence-electron chi connectivity index (χ4n) is 3.08. The van der Waals surface area contributed by atoms with Crippen molar-refractivity contribution in [2.24, 2.45) is 11.8 Å². The van der Waals surface area contributed by atoms with Crippen LogP contribution in [0.1, 0.15) is 32.4 Å². The Kier molecular flexibility index (Phi) is 5.71. The number of H-pyrrole nitrogens is 1. The Morgan fingerprint density at radius 1 is 1.37 bits per heavy atom. The van der Waals surface area contributed by atoms with Crippen LogP contribution in [-0.2, 0) is 14.8 Å². The summed E-state index contributed by atoms with van der Waals surface area (Å²) >= 11 is 0. The van der Waals surface area contributed by atoms with Crippen LogP contribution in [0.4, 0.5) is 0 Å². The molecule has 2 aromatic rings. The van der Waals surface area contributed by atoms with Crippen molar-refractivity contribution < 1.29 is 17.6 Å². The molecule has 0 spiro atoms. The Morgan fingerprint density at radius 2 is 2.07 bits per heavy atom. The van der Waals surface area contributed by atoms with Gasteiger partial charge in [0.1, 0.15) is 5.69 Å². The van der Waals surface area contributed by atoms with Crippen molar-refractivity contribution in [3.05, 3.63) is 23.9 Å². The molecule has 2 N–H and O–H groups in total. The zero-order chi connectivity index (χ0) is 19.6. The number of hydrogen-bond donors (Lipinski definition) is 2. The number of aromatic amines is 1. The van der Waals surface area contributed by atoms with Gasteiger partial charge < -0.3 is 9.73 Å². The summed E-state index contributed by atoms with van der Waals surface area (Å²) in [4.78, 5) is 12.2. The first-order valence-corrected chi connectivity index (χ1v) is 10.6. The third-order valence-corrected chi connectivity index (χ3v) is 6.42. The van der Waals surface area contributed by atoms with Gasteiger partial charge in [-0.3, -0.25) is 9.89 Å². The number of aryl methyl sites for hydroxylation is 1. The molecule has 0 aliphatic carbocycles. The predicted octanol–water partition coefficient (Wildman–Crippen LogP) is 2.15. The van der Waals surface area contributed by atoms with Gasteiger partial charge in [0.2, 0.25) is 11.0 Å².